The number of nitrogens with two attached hydrogens (primary N) is 2. The second kappa shape index (κ2) is 14.4. The number of rotatable bonds is 6. The van der Waals surface area contributed by atoms with E-state index in [0.29, 0.717) is 5.92 Å². The SMILES string of the molecule is CCCC(CN)CCCN.CNC. The molecule has 0 bridgehead atoms. The van der Waals surface area contributed by atoms with Gasteiger partial charge in [-0.1, -0.05) is 13.3 Å². The van der Waals surface area contributed by atoms with E-state index in [1.165, 1.54) is 19.3 Å². The lowest BCUT2D eigenvalue weighted by Crippen LogP contribution is -2.15. The summed E-state index contributed by atoms with van der Waals surface area (Å²) in [6.45, 7) is 3.83. The van der Waals surface area contributed by atoms with Gasteiger partial charge in [0.15, 0.2) is 0 Å². The summed E-state index contributed by atoms with van der Waals surface area (Å²) in [5, 5.41) is 2.75. The van der Waals surface area contributed by atoms with Crippen LogP contribution in [-0.2, 0) is 0 Å². The van der Waals surface area contributed by atoms with Crippen molar-refractivity contribution in [3.05, 3.63) is 0 Å². The molecule has 0 radical (unpaired) electrons. The standard InChI is InChI=1S/C8H20N2.C2H7N/c1-2-4-8(7-10)5-3-6-9;1-3-2/h8H,2-7,9-10H2,1H3;3H,1-2H3. The average molecular weight is 189 g/mol. The largest absolute Gasteiger partial charge is 0.330 e. The molecule has 1 atom stereocenters. The predicted molar refractivity (Wildman–Crippen MR) is 60.7 cm³/mol. The minimum absolute atomic E-state index is 0.716. The number of hydrogen-bond donors (Lipinski definition) is 3. The molecule has 0 saturated carbocycles. The molecule has 13 heavy (non-hydrogen) atoms. The van der Waals surface area contributed by atoms with Crippen LogP contribution >= 0.6 is 0 Å². The summed E-state index contributed by atoms with van der Waals surface area (Å²) in [5.41, 5.74) is 10.9. The molecule has 0 spiro atoms. The second-order valence-corrected chi connectivity index (χ2v) is 3.32. The fraction of sp³-hybridized carbons (Fsp3) is 1.00. The van der Waals surface area contributed by atoms with Crippen LogP contribution in [0.2, 0.25) is 0 Å². The van der Waals surface area contributed by atoms with Crippen molar-refractivity contribution < 1.29 is 0 Å². The van der Waals surface area contributed by atoms with E-state index in [4.69, 9.17) is 11.5 Å². The van der Waals surface area contributed by atoms with Gasteiger partial charge < -0.3 is 16.8 Å². The minimum Gasteiger partial charge on any atom is -0.330 e. The van der Waals surface area contributed by atoms with Gasteiger partial charge in [0, 0.05) is 0 Å². The quantitative estimate of drug-likeness (QED) is 0.582. The normalized spacial score (nSPS) is 11.8. The molecular weight excluding hydrogens is 162 g/mol. The van der Waals surface area contributed by atoms with E-state index < -0.39 is 0 Å². The summed E-state index contributed by atoms with van der Waals surface area (Å²) in [6.07, 6.45) is 4.84. The van der Waals surface area contributed by atoms with Crippen LogP contribution in [-0.4, -0.2) is 27.2 Å². The molecule has 0 heterocycles. The van der Waals surface area contributed by atoms with E-state index in [2.05, 4.69) is 12.2 Å². The molecule has 0 aromatic rings. The summed E-state index contributed by atoms with van der Waals surface area (Å²) in [7, 11) is 3.75. The van der Waals surface area contributed by atoms with E-state index in [9.17, 15) is 0 Å². The van der Waals surface area contributed by atoms with Gasteiger partial charge in [-0.3, -0.25) is 0 Å². The van der Waals surface area contributed by atoms with E-state index >= 15 is 0 Å². The fourth-order valence-electron chi connectivity index (χ4n) is 1.19. The van der Waals surface area contributed by atoms with E-state index in [1.54, 1.807) is 0 Å². The maximum atomic E-state index is 5.56. The lowest BCUT2D eigenvalue weighted by Gasteiger charge is -2.11. The molecule has 0 rings (SSSR count). The van der Waals surface area contributed by atoms with Gasteiger partial charge >= 0.3 is 0 Å². The topological polar surface area (TPSA) is 64.1 Å². The van der Waals surface area contributed by atoms with Gasteiger partial charge in [0.05, 0.1) is 0 Å². The Morgan fingerprint density at radius 1 is 1.15 bits per heavy atom. The molecule has 0 saturated heterocycles. The highest BCUT2D eigenvalue weighted by Gasteiger charge is 2.02. The van der Waals surface area contributed by atoms with E-state index in [-0.39, 0.29) is 0 Å². The smallest absolute Gasteiger partial charge is 0.00489 e. The number of hydrogen-bond acceptors (Lipinski definition) is 3. The Morgan fingerprint density at radius 2 is 1.69 bits per heavy atom. The Balaban J connectivity index is 0. The van der Waals surface area contributed by atoms with Crippen molar-refractivity contribution in [3.63, 3.8) is 0 Å². The van der Waals surface area contributed by atoms with Gasteiger partial charge in [-0.15, -0.1) is 0 Å². The van der Waals surface area contributed by atoms with Crippen LogP contribution in [0.25, 0.3) is 0 Å². The third-order valence-corrected chi connectivity index (χ3v) is 1.85. The van der Waals surface area contributed by atoms with Gasteiger partial charge in [0.25, 0.3) is 0 Å². The molecule has 0 aliphatic carbocycles. The van der Waals surface area contributed by atoms with Gasteiger partial charge in [0.2, 0.25) is 0 Å². The highest BCUT2D eigenvalue weighted by molar-refractivity contribution is 4.59. The number of nitrogens with one attached hydrogen (secondary N) is 1. The third kappa shape index (κ3) is 14.7. The van der Waals surface area contributed by atoms with Crippen molar-refractivity contribution in [2.45, 2.75) is 32.6 Å². The van der Waals surface area contributed by atoms with Crippen molar-refractivity contribution in [3.8, 4) is 0 Å². The van der Waals surface area contributed by atoms with Gasteiger partial charge in [-0.25, -0.2) is 0 Å². The van der Waals surface area contributed by atoms with Crippen molar-refractivity contribution in [2.75, 3.05) is 27.2 Å². The summed E-state index contributed by atoms with van der Waals surface area (Å²) < 4.78 is 0. The maximum Gasteiger partial charge on any atom is -0.00489 e. The summed E-state index contributed by atoms with van der Waals surface area (Å²) in [5.74, 6) is 0.716. The molecule has 0 fully saturated rings. The van der Waals surface area contributed by atoms with Gasteiger partial charge in [0.1, 0.15) is 0 Å². The first-order valence-corrected chi connectivity index (χ1v) is 5.25. The zero-order valence-corrected chi connectivity index (χ0v) is 9.47. The zero-order chi connectivity index (χ0) is 10.5. The third-order valence-electron chi connectivity index (χ3n) is 1.85. The lowest BCUT2D eigenvalue weighted by molar-refractivity contribution is 0.444. The average Bonchev–Trinajstić information content (AvgIpc) is 2.13. The Labute approximate surface area is 83.3 Å². The van der Waals surface area contributed by atoms with Crippen LogP contribution in [0.5, 0.6) is 0 Å². The molecule has 0 aromatic heterocycles. The van der Waals surface area contributed by atoms with Crippen molar-refractivity contribution in [1.82, 2.24) is 5.32 Å². The molecular formula is C10H27N3. The molecule has 1 unspecified atom stereocenters. The van der Waals surface area contributed by atoms with Crippen LogP contribution in [0, 0.1) is 5.92 Å². The summed E-state index contributed by atoms with van der Waals surface area (Å²) in [4.78, 5) is 0. The highest BCUT2D eigenvalue weighted by atomic mass is 14.7. The first-order chi connectivity index (χ1) is 6.26. The molecule has 3 nitrogen and oxygen atoms in total. The molecule has 82 valence electrons. The minimum atomic E-state index is 0.716. The van der Waals surface area contributed by atoms with Crippen molar-refractivity contribution in [1.29, 1.82) is 0 Å². The second-order valence-electron chi connectivity index (χ2n) is 3.32. The Bertz CT molecular complexity index is 76.6. The summed E-state index contributed by atoms with van der Waals surface area (Å²) in [6, 6.07) is 0. The van der Waals surface area contributed by atoms with Crippen LogP contribution in [0.3, 0.4) is 0 Å². The van der Waals surface area contributed by atoms with Crippen molar-refractivity contribution >= 4 is 0 Å². The van der Waals surface area contributed by atoms with Crippen LogP contribution in [0.15, 0.2) is 0 Å². The van der Waals surface area contributed by atoms with Crippen LogP contribution in [0.4, 0.5) is 0 Å². The first kappa shape index (κ1) is 15.4. The monoisotopic (exact) mass is 189 g/mol. The lowest BCUT2D eigenvalue weighted by atomic mass is 9.98. The molecule has 3 heteroatoms. The first-order valence-electron chi connectivity index (χ1n) is 5.25. The Kier molecular flexibility index (Phi) is 17.0. The predicted octanol–water partition coefficient (Wildman–Crippen LogP) is 0.936. The maximum absolute atomic E-state index is 5.56. The van der Waals surface area contributed by atoms with E-state index in [0.717, 1.165) is 19.5 Å². The van der Waals surface area contributed by atoms with Crippen LogP contribution < -0.4 is 16.8 Å². The van der Waals surface area contributed by atoms with Crippen LogP contribution in [0.1, 0.15) is 32.6 Å². The van der Waals surface area contributed by atoms with Gasteiger partial charge in [-0.2, -0.15) is 0 Å². The van der Waals surface area contributed by atoms with Crippen molar-refractivity contribution in [2.24, 2.45) is 17.4 Å². The van der Waals surface area contributed by atoms with Gasteiger partial charge in [-0.05, 0) is 52.4 Å². The Morgan fingerprint density at radius 3 is 2.00 bits per heavy atom. The summed E-state index contributed by atoms with van der Waals surface area (Å²) >= 11 is 0. The Hall–Kier alpha value is -0.120. The molecule has 0 aromatic carbocycles. The molecule has 5 N–H and O–H groups in total. The highest BCUT2D eigenvalue weighted by Crippen LogP contribution is 2.10. The molecule has 0 amide bonds. The molecule has 0 aliphatic rings. The van der Waals surface area contributed by atoms with E-state index in [1.807, 2.05) is 14.1 Å². The fourth-order valence-corrected chi connectivity index (χ4v) is 1.19. The zero-order valence-electron chi connectivity index (χ0n) is 9.47. The molecule has 0 aliphatic heterocycles.